The molecule has 7 heteroatoms. The summed E-state index contributed by atoms with van der Waals surface area (Å²) >= 11 is 0. The van der Waals surface area contributed by atoms with Crippen LogP contribution in [-0.4, -0.2) is 58.3 Å². The van der Waals surface area contributed by atoms with Gasteiger partial charge >= 0.3 is 0 Å². The SMILES string of the molecule is COc1ccccc1CCn1cncc1Cn1cc(C(=O)N2CCOCC2)c(-c2cccc3ccccc23)c1. The van der Waals surface area contributed by atoms with Gasteiger partial charge in [0, 0.05) is 43.8 Å². The highest BCUT2D eigenvalue weighted by molar-refractivity contribution is 6.06. The third-order valence-electron chi connectivity index (χ3n) is 7.45. The molecule has 0 aliphatic carbocycles. The number of nitrogens with zero attached hydrogens (tertiary/aromatic N) is 4. The zero-order chi connectivity index (χ0) is 26.6. The van der Waals surface area contributed by atoms with Crippen LogP contribution in [-0.2, 0) is 24.2 Å². The second-order valence-corrected chi connectivity index (χ2v) is 9.83. The van der Waals surface area contributed by atoms with Crippen molar-refractivity contribution in [2.24, 2.45) is 0 Å². The van der Waals surface area contributed by atoms with E-state index in [1.165, 1.54) is 0 Å². The number of imidazole rings is 1. The highest BCUT2D eigenvalue weighted by Crippen LogP contribution is 2.33. The van der Waals surface area contributed by atoms with Crippen molar-refractivity contribution in [1.29, 1.82) is 0 Å². The van der Waals surface area contributed by atoms with E-state index in [1.807, 2.05) is 54.0 Å². The van der Waals surface area contributed by atoms with Gasteiger partial charge < -0.3 is 23.5 Å². The molecule has 198 valence electrons. The van der Waals surface area contributed by atoms with Gasteiger partial charge in [-0.15, -0.1) is 0 Å². The van der Waals surface area contributed by atoms with Crippen molar-refractivity contribution in [2.75, 3.05) is 33.4 Å². The number of carbonyl (C=O) groups is 1. The Morgan fingerprint density at radius 2 is 1.74 bits per heavy atom. The maximum Gasteiger partial charge on any atom is 0.256 e. The molecule has 0 unspecified atom stereocenters. The molecule has 0 N–H and O–H groups in total. The number of para-hydroxylation sites is 1. The third-order valence-corrected chi connectivity index (χ3v) is 7.45. The largest absolute Gasteiger partial charge is 0.496 e. The summed E-state index contributed by atoms with van der Waals surface area (Å²) in [5.74, 6) is 0.945. The van der Waals surface area contributed by atoms with Gasteiger partial charge in [-0.25, -0.2) is 4.98 Å². The Kier molecular flexibility index (Phi) is 7.15. The van der Waals surface area contributed by atoms with Gasteiger partial charge in [0.25, 0.3) is 5.91 Å². The molecule has 2 aromatic heterocycles. The van der Waals surface area contributed by atoms with E-state index in [4.69, 9.17) is 9.47 Å². The number of aryl methyl sites for hydroxylation is 2. The number of ether oxygens (including phenoxy) is 2. The van der Waals surface area contributed by atoms with Crippen molar-refractivity contribution in [1.82, 2.24) is 19.0 Å². The quantitative estimate of drug-likeness (QED) is 0.279. The molecule has 3 aromatic carbocycles. The summed E-state index contributed by atoms with van der Waals surface area (Å²) in [6.07, 6.45) is 8.71. The summed E-state index contributed by atoms with van der Waals surface area (Å²) in [6.45, 7) is 3.75. The standard InChI is InChI=1S/C32H32N4O3/c1-38-31-12-5-3-8-25(31)13-14-36-23-33-19-26(36)20-34-21-29(28-11-6-9-24-7-2-4-10-27(24)28)30(22-34)32(37)35-15-17-39-18-16-35/h2-12,19,21-23H,13-18,20H2,1H3. The van der Waals surface area contributed by atoms with Crippen LogP contribution >= 0.6 is 0 Å². The van der Waals surface area contributed by atoms with E-state index in [2.05, 4.69) is 56.7 Å². The zero-order valence-corrected chi connectivity index (χ0v) is 22.1. The highest BCUT2D eigenvalue weighted by atomic mass is 16.5. The van der Waals surface area contributed by atoms with Gasteiger partial charge in [-0.05, 0) is 34.4 Å². The Morgan fingerprint density at radius 3 is 2.62 bits per heavy atom. The zero-order valence-electron chi connectivity index (χ0n) is 22.1. The Hall–Kier alpha value is -4.36. The topological polar surface area (TPSA) is 61.5 Å². The van der Waals surface area contributed by atoms with Gasteiger partial charge in [-0.3, -0.25) is 4.79 Å². The molecule has 0 spiro atoms. The average molecular weight is 521 g/mol. The van der Waals surface area contributed by atoms with E-state index in [0.29, 0.717) is 38.4 Å². The van der Waals surface area contributed by atoms with Gasteiger partial charge in [0.2, 0.25) is 0 Å². The van der Waals surface area contributed by atoms with Gasteiger partial charge in [-0.1, -0.05) is 60.7 Å². The molecule has 0 radical (unpaired) electrons. The first kappa shape index (κ1) is 24.9. The second-order valence-electron chi connectivity index (χ2n) is 9.83. The van der Waals surface area contributed by atoms with Crippen LogP contribution in [0, 0.1) is 0 Å². The minimum Gasteiger partial charge on any atom is -0.496 e. The molecule has 1 aliphatic rings. The van der Waals surface area contributed by atoms with E-state index in [-0.39, 0.29) is 5.91 Å². The summed E-state index contributed by atoms with van der Waals surface area (Å²) in [6, 6.07) is 22.7. The molecular formula is C32H32N4O3. The van der Waals surface area contributed by atoms with Crippen LogP contribution in [0.2, 0.25) is 0 Å². The number of benzene rings is 3. The lowest BCUT2D eigenvalue weighted by atomic mass is 9.97. The van der Waals surface area contributed by atoms with Crippen LogP contribution in [0.5, 0.6) is 5.75 Å². The van der Waals surface area contributed by atoms with E-state index in [9.17, 15) is 4.79 Å². The summed E-state index contributed by atoms with van der Waals surface area (Å²) in [5.41, 5.74) is 4.97. The second kappa shape index (κ2) is 11.2. The lowest BCUT2D eigenvalue weighted by Gasteiger charge is -2.27. The van der Waals surface area contributed by atoms with Gasteiger partial charge in [0.1, 0.15) is 5.75 Å². The molecule has 39 heavy (non-hydrogen) atoms. The van der Waals surface area contributed by atoms with Crippen molar-refractivity contribution in [3.8, 4) is 16.9 Å². The predicted molar refractivity (Wildman–Crippen MR) is 152 cm³/mol. The predicted octanol–water partition coefficient (Wildman–Crippen LogP) is 5.28. The first-order valence-electron chi connectivity index (χ1n) is 13.4. The number of aromatic nitrogens is 3. The van der Waals surface area contributed by atoms with Gasteiger partial charge in [0.15, 0.2) is 0 Å². The fourth-order valence-corrected chi connectivity index (χ4v) is 5.40. The van der Waals surface area contributed by atoms with Gasteiger partial charge in [0.05, 0.1) is 44.5 Å². The summed E-state index contributed by atoms with van der Waals surface area (Å²) in [5, 5.41) is 2.29. The van der Waals surface area contributed by atoms with E-state index < -0.39 is 0 Å². The first-order chi connectivity index (χ1) is 19.2. The molecule has 0 atom stereocenters. The lowest BCUT2D eigenvalue weighted by Crippen LogP contribution is -2.40. The molecule has 1 fully saturated rings. The van der Waals surface area contributed by atoms with Gasteiger partial charge in [-0.2, -0.15) is 0 Å². The van der Waals surface area contributed by atoms with Crippen LogP contribution < -0.4 is 4.74 Å². The maximum absolute atomic E-state index is 13.8. The number of fused-ring (bicyclic) bond motifs is 1. The number of morpholine rings is 1. The number of carbonyl (C=O) groups excluding carboxylic acids is 1. The number of rotatable bonds is 8. The number of methoxy groups -OCH3 is 1. The average Bonchev–Trinajstić information content (AvgIpc) is 3.63. The monoisotopic (exact) mass is 520 g/mol. The van der Waals surface area contributed by atoms with Crippen LogP contribution in [0.4, 0.5) is 0 Å². The summed E-state index contributed by atoms with van der Waals surface area (Å²) < 4.78 is 15.3. The minimum absolute atomic E-state index is 0.0460. The fraction of sp³-hybridized carbons (Fsp3) is 0.250. The molecule has 1 saturated heterocycles. The Bertz CT molecular complexity index is 1590. The molecule has 6 rings (SSSR count). The van der Waals surface area contributed by atoms with Crippen LogP contribution in [0.15, 0.2) is 91.6 Å². The Labute approximate surface area is 228 Å². The Balaban J connectivity index is 1.32. The van der Waals surface area contributed by atoms with Crippen molar-refractivity contribution < 1.29 is 14.3 Å². The molecular weight excluding hydrogens is 488 g/mol. The van der Waals surface area contributed by atoms with Crippen LogP contribution in [0.25, 0.3) is 21.9 Å². The molecule has 1 amide bonds. The molecule has 0 saturated carbocycles. The number of hydrogen-bond donors (Lipinski definition) is 0. The first-order valence-corrected chi connectivity index (χ1v) is 13.4. The normalized spacial score (nSPS) is 13.6. The van der Waals surface area contributed by atoms with Crippen LogP contribution in [0.1, 0.15) is 21.6 Å². The van der Waals surface area contributed by atoms with Crippen molar-refractivity contribution >= 4 is 16.7 Å². The molecule has 1 aliphatic heterocycles. The van der Waals surface area contributed by atoms with Crippen LogP contribution in [0.3, 0.4) is 0 Å². The fourth-order valence-electron chi connectivity index (χ4n) is 5.40. The number of amides is 1. The molecule has 0 bridgehead atoms. The van der Waals surface area contributed by atoms with Crippen molar-refractivity contribution in [2.45, 2.75) is 19.5 Å². The third kappa shape index (κ3) is 5.18. The molecule has 3 heterocycles. The van der Waals surface area contributed by atoms with Crippen molar-refractivity contribution in [3.05, 3.63) is 108 Å². The maximum atomic E-state index is 13.8. The molecule has 7 nitrogen and oxygen atoms in total. The lowest BCUT2D eigenvalue weighted by molar-refractivity contribution is 0.0303. The minimum atomic E-state index is 0.0460. The molecule has 5 aromatic rings. The van der Waals surface area contributed by atoms with Crippen molar-refractivity contribution in [3.63, 3.8) is 0 Å². The van der Waals surface area contributed by atoms with E-state index in [0.717, 1.165) is 51.9 Å². The highest BCUT2D eigenvalue weighted by Gasteiger charge is 2.24. The Morgan fingerprint density at radius 1 is 0.949 bits per heavy atom. The summed E-state index contributed by atoms with van der Waals surface area (Å²) in [4.78, 5) is 20.1. The smallest absolute Gasteiger partial charge is 0.256 e. The summed E-state index contributed by atoms with van der Waals surface area (Å²) in [7, 11) is 1.71. The van der Waals surface area contributed by atoms with E-state index in [1.54, 1.807) is 7.11 Å². The number of hydrogen-bond acceptors (Lipinski definition) is 4. The van der Waals surface area contributed by atoms with E-state index >= 15 is 0 Å².